The third kappa shape index (κ3) is 2.45. The van der Waals surface area contributed by atoms with Crippen LogP contribution >= 0.6 is 0 Å². The van der Waals surface area contributed by atoms with E-state index in [1.54, 1.807) is 0 Å². The molecular weight excluding hydrogens is 314 g/mol. The maximum absolute atomic E-state index is 8.48. The third-order valence-electron chi connectivity index (χ3n) is 5.25. The van der Waals surface area contributed by atoms with Crippen molar-refractivity contribution in [2.75, 3.05) is 0 Å². The van der Waals surface area contributed by atoms with Crippen LogP contribution in [0.2, 0.25) is 0 Å². The quantitative estimate of drug-likeness (QED) is 0.454. The van der Waals surface area contributed by atoms with Crippen LogP contribution in [0.1, 0.15) is 29.5 Å². The van der Waals surface area contributed by atoms with Crippen molar-refractivity contribution < 1.29 is 0 Å². The lowest BCUT2D eigenvalue weighted by atomic mass is 9.61. The largest absolute Gasteiger partial charge is 0.305 e. The normalized spacial score (nSPS) is 17.7. The van der Waals surface area contributed by atoms with Gasteiger partial charge in [0.25, 0.3) is 0 Å². The Labute approximate surface area is 154 Å². The first kappa shape index (κ1) is 16.3. The number of benzene rings is 3. The molecule has 0 amide bonds. The van der Waals surface area contributed by atoms with E-state index in [1.165, 1.54) is 16.7 Å². The van der Waals surface area contributed by atoms with Crippen molar-refractivity contribution in [3.63, 3.8) is 0 Å². The highest BCUT2D eigenvalue weighted by Gasteiger charge is 2.48. The zero-order chi connectivity index (χ0) is 18.0. The predicted molar refractivity (Wildman–Crippen MR) is 108 cm³/mol. The zero-order valence-electron chi connectivity index (χ0n) is 14.8. The summed E-state index contributed by atoms with van der Waals surface area (Å²) in [5.41, 5.74) is 8.17. The maximum atomic E-state index is 8.48. The van der Waals surface area contributed by atoms with Crippen molar-refractivity contribution in [3.05, 3.63) is 125 Å². The fraction of sp³-hybridized carbons (Fsp3) is 0.120. The summed E-state index contributed by atoms with van der Waals surface area (Å²) in [6, 6.07) is 31.7. The van der Waals surface area contributed by atoms with Gasteiger partial charge in [-0.25, -0.2) is 0 Å². The Morgan fingerprint density at radius 3 is 1.69 bits per heavy atom. The maximum Gasteiger partial charge on any atom is 0.0651 e. The second-order valence-corrected chi connectivity index (χ2v) is 6.74. The molecule has 0 aromatic heterocycles. The van der Waals surface area contributed by atoms with Gasteiger partial charge in [-0.1, -0.05) is 91.0 Å². The SMILES string of the molecule is CC(=N)C1=C=CC(c2ccccc2)C1(c1ccccc1)c1ccccc1. The highest BCUT2D eigenvalue weighted by Crippen LogP contribution is 2.53. The summed E-state index contributed by atoms with van der Waals surface area (Å²) in [6.07, 6.45) is 2.14. The minimum atomic E-state index is -0.435. The van der Waals surface area contributed by atoms with Crippen LogP contribution in [0.5, 0.6) is 0 Å². The van der Waals surface area contributed by atoms with Gasteiger partial charge >= 0.3 is 0 Å². The lowest BCUT2D eigenvalue weighted by Gasteiger charge is -2.39. The summed E-state index contributed by atoms with van der Waals surface area (Å²) < 4.78 is 0. The van der Waals surface area contributed by atoms with Gasteiger partial charge in [0.2, 0.25) is 0 Å². The van der Waals surface area contributed by atoms with Gasteiger partial charge < -0.3 is 5.41 Å². The number of hydrogen-bond donors (Lipinski definition) is 1. The van der Waals surface area contributed by atoms with Crippen LogP contribution in [0.4, 0.5) is 0 Å². The van der Waals surface area contributed by atoms with E-state index in [-0.39, 0.29) is 5.92 Å². The lowest BCUT2D eigenvalue weighted by Crippen LogP contribution is -2.36. The molecule has 1 aliphatic carbocycles. The molecule has 0 saturated carbocycles. The van der Waals surface area contributed by atoms with Gasteiger partial charge in [0.05, 0.1) is 5.41 Å². The fourth-order valence-corrected chi connectivity index (χ4v) is 4.19. The molecule has 26 heavy (non-hydrogen) atoms. The van der Waals surface area contributed by atoms with E-state index in [0.717, 1.165) is 5.57 Å². The monoisotopic (exact) mass is 335 g/mol. The predicted octanol–water partition coefficient (Wildman–Crippen LogP) is 5.89. The van der Waals surface area contributed by atoms with E-state index in [1.807, 2.05) is 25.1 Å². The van der Waals surface area contributed by atoms with E-state index < -0.39 is 5.41 Å². The highest BCUT2D eigenvalue weighted by atomic mass is 14.5. The van der Waals surface area contributed by atoms with Crippen LogP contribution < -0.4 is 0 Å². The molecule has 0 heterocycles. The molecule has 4 rings (SSSR count). The molecule has 1 N–H and O–H groups in total. The van der Waals surface area contributed by atoms with Gasteiger partial charge in [-0.2, -0.15) is 0 Å². The zero-order valence-corrected chi connectivity index (χ0v) is 14.8. The summed E-state index contributed by atoms with van der Waals surface area (Å²) >= 11 is 0. The molecule has 0 fully saturated rings. The van der Waals surface area contributed by atoms with Crippen LogP contribution in [-0.4, -0.2) is 5.71 Å². The van der Waals surface area contributed by atoms with E-state index in [0.29, 0.717) is 5.71 Å². The fourth-order valence-electron chi connectivity index (χ4n) is 4.19. The minimum absolute atomic E-state index is 0.101. The summed E-state index contributed by atoms with van der Waals surface area (Å²) in [4.78, 5) is 0. The van der Waals surface area contributed by atoms with Crippen LogP contribution in [0.15, 0.2) is 108 Å². The van der Waals surface area contributed by atoms with Crippen LogP contribution in [0.3, 0.4) is 0 Å². The Balaban J connectivity index is 2.05. The molecule has 1 aliphatic rings. The molecule has 0 bridgehead atoms. The number of allylic oxidation sites excluding steroid dienone is 1. The molecular formula is C25H21N. The van der Waals surface area contributed by atoms with Crippen LogP contribution in [0.25, 0.3) is 0 Å². The Hall–Kier alpha value is -3.15. The smallest absolute Gasteiger partial charge is 0.0651 e. The van der Waals surface area contributed by atoms with Gasteiger partial charge in [-0.15, -0.1) is 5.73 Å². The van der Waals surface area contributed by atoms with Crippen molar-refractivity contribution >= 4 is 5.71 Å². The standard InChI is InChI=1S/C25H21N/c1-19(26)23-17-18-24(20-11-5-2-6-12-20)25(23,21-13-7-3-8-14-21)22-15-9-4-10-16-22/h2-16,18,24,26H,1H3. The Bertz CT molecular complexity index is 939. The highest BCUT2D eigenvalue weighted by molar-refractivity contribution is 6.00. The average Bonchev–Trinajstić information content (AvgIpc) is 3.12. The van der Waals surface area contributed by atoms with Gasteiger partial charge in [-0.05, 0) is 29.7 Å². The van der Waals surface area contributed by atoms with Crippen molar-refractivity contribution in [2.45, 2.75) is 18.3 Å². The van der Waals surface area contributed by atoms with E-state index in [2.05, 4.69) is 84.6 Å². The number of hydrogen-bond acceptors (Lipinski definition) is 1. The Kier molecular flexibility index (Phi) is 4.16. The van der Waals surface area contributed by atoms with Crippen molar-refractivity contribution in [2.24, 2.45) is 0 Å². The third-order valence-corrected chi connectivity index (χ3v) is 5.25. The summed E-state index contributed by atoms with van der Waals surface area (Å²) in [5.74, 6) is 0.101. The van der Waals surface area contributed by atoms with E-state index >= 15 is 0 Å². The summed E-state index contributed by atoms with van der Waals surface area (Å²) in [6.45, 7) is 1.87. The molecule has 0 saturated heterocycles. The first-order valence-electron chi connectivity index (χ1n) is 8.93. The molecule has 0 aliphatic heterocycles. The molecule has 126 valence electrons. The number of rotatable bonds is 4. The van der Waals surface area contributed by atoms with Crippen molar-refractivity contribution in [1.29, 1.82) is 5.41 Å². The van der Waals surface area contributed by atoms with Crippen LogP contribution in [-0.2, 0) is 5.41 Å². The molecule has 1 unspecified atom stereocenters. The van der Waals surface area contributed by atoms with Gasteiger partial charge in [0, 0.05) is 17.2 Å². The molecule has 0 radical (unpaired) electrons. The lowest BCUT2D eigenvalue weighted by molar-refractivity contribution is 0.571. The molecule has 0 spiro atoms. The van der Waals surface area contributed by atoms with E-state index in [4.69, 9.17) is 5.41 Å². The minimum Gasteiger partial charge on any atom is -0.305 e. The topological polar surface area (TPSA) is 23.9 Å². The van der Waals surface area contributed by atoms with Crippen molar-refractivity contribution in [3.8, 4) is 0 Å². The molecule has 1 atom stereocenters. The first-order valence-corrected chi connectivity index (χ1v) is 8.93. The molecule has 1 nitrogen and oxygen atoms in total. The second-order valence-electron chi connectivity index (χ2n) is 6.74. The average molecular weight is 335 g/mol. The van der Waals surface area contributed by atoms with E-state index in [9.17, 15) is 0 Å². The van der Waals surface area contributed by atoms with Gasteiger partial charge in [0.1, 0.15) is 0 Å². The van der Waals surface area contributed by atoms with Gasteiger partial charge in [0.15, 0.2) is 0 Å². The molecule has 1 heteroatoms. The summed E-state index contributed by atoms with van der Waals surface area (Å²) in [5, 5.41) is 8.48. The molecule has 3 aromatic carbocycles. The van der Waals surface area contributed by atoms with Crippen molar-refractivity contribution in [1.82, 2.24) is 0 Å². The summed E-state index contributed by atoms with van der Waals surface area (Å²) in [7, 11) is 0. The second kappa shape index (κ2) is 6.63. The Morgan fingerprint density at radius 2 is 1.23 bits per heavy atom. The number of nitrogens with one attached hydrogen (secondary N) is 1. The molecule has 3 aromatic rings. The Morgan fingerprint density at radius 1 is 0.769 bits per heavy atom. The van der Waals surface area contributed by atoms with Crippen LogP contribution in [0, 0.1) is 5.41 Å². The first-order chi connectivity index (χ1) is 12.7. The van der Waals surface area contributed by atoms with Gasteiger partial charge in [-0.3, -0.25) is 0 Å².